The van der Waals surface area contributed by atoms with E-state index in [0.717, 1.165) is 34.0 Å². The van der Waals surface area contributed by atoms with E-state index in [1.54, 1.807) is 11.0 Å². The van der Waals surface area contributed by atoms with Crippen molar-refractivity contribution in [2.45, 2.75) is 40.3 Å². The van der Waals surface area contributed by atoms with E-state index >= 15 is 0 Å². The normalized spacial score (nSPS) is 13.5. The molecule has 0 fully saturated rings. The van der Waals surface area contributed by atoms with Crippen LogP contribution in [0.25, 0.3) is 11.8 Å². The van der Waals surface area contributed by atoms with Gasteiger partial charge in [0.2, 0.25) is 0 Å². The van der Waals surface area contributed by atoms with Crippen molar-refractivity contribution in [3.05, 3.63) is 130 Å². The van der Waals surface area contributed by atoms with Crippen LogP contribution in [-0.2, 0) is 18.4 Å². The average Bonchev–Trinajstić information content (AvgIpc) is 3.42. The standard InChI is InChI=1S/C27H28O2.C5H5.C2H7Si.Ti/c1-27(2,3)25(20-17-21-15-18-23(28-4)19-16-21)26(22-11-7-5-8-12-22)29-24-13-9-6-10-14-24;1-2-4-5-3-1;1-3-2;/h5-20H,1-4H3;1-3H,4H2;3H,1-2H3;. The van der Waals surface area contributed by atoms with Gasteiger partial charge in [-0.25, -0.2) is 0 Å². The Morgan fingerprint density at radius 2 is 1.47 bits per heavy atom. The summed E-state index contributed by atoms with van der Waals surface area (Å²) in [6.07, 6.45) is 12.4. The van der Waals surface area contributed by atoms with Gasteiger partial charge < -0.3 is 9.47 Å². The maximum absolute atomic E-state index is 6.42. The Morgan fingerprint density at radius 1 is 0.842 bits per heavy atom. The van der Waals surface area contributed by atoms with Crippen LogP contribution in [0.2, 0.25) is 13.1 Å². The van der Waals surface area contributed by atoms with E-state index in [4.69, 9.17) is 9.47 Å². The van der Waals surface area contributed by atoms with Crippen LogP contribution >= 0.6 is 0 Å². The van der Waals surface area contributed by atoms with Crippen LogP contribution in [-0.4, -0.2) is 13.8 Å². The maximum atomic E-state index is 6.42. The molecule has 0 N–H and O–H groups in total. The second kappa shape index (κ2) is 14.9. The molecule has 1 aliphatic carbocycles. The molecule has 0 heterocycles. The van der Waals surface area contributed by atoms with E-state index in [9.17, 15) is 0 Å². The monoisotopic (exact) mass is 556 g/mol. The van der Waals surface area contributed by atoms with Gasteiger partial charge in [-0.3, -0.25) is 0 Å². The minimum absolute atomic E-state index is 0.108. The molecule has 1 aliphatic rings. The molecule has 0 amide bonds. The Kier molecular flexibility index (Phi) is 11.7. The summed E-state index contributed by atoms with van der Waals surface area (Å²) >= 11 is 0.375. The van der Waals surface area contributed by atoms with Gasteiger partial charge in [-0.15, -0.1) is 0 Å². The third kappa shape index (κ3) is 9.79. The van der Waals surface area contributed by atoms with E-state index in [2.05, 4.69) is 88.5 Å². The summed E-state index contributed by atoms with van der Waals surface area (Å²) < 4.78 is 13.5. The molecule has 0 radical (unpaired) electrons. The van der Waals surface area contributed by atoms with E-state index in [1.807, 2.05) is 60.7 Å². The Balaban J connectivity index is 0.000000375. The van der Waals surface area contributed by atoms with Gasteiger partial charge in [0.05, 0.1) is 7.11 Å². The van der Waals surface area contributed by atoms with Crippen LogP contribution in [0.4, 0.5) is 0 Å². The van der Waals surface area contributed by atoms with E-state index in [0.29, 0.717) is 18.4 Å². The molecule has 0 bridgehead atoms. The fourth-order valence-corrected chi connectivity index (χ4v) is 9.72. The molecule has 0 aliphatic heterocycles. The van der Waals surface area contributed by atoms with Gasteiger partial charge in [-0.2, -0.15) is 0 Å². The Hall–Kier alpha value is -2.85. The fraction of sp³-hybridized carbons (Fsp3) is 0.235. The molecule has 3 aromatic carbocycles. The van der Waals surface area contributed by atoms with Gasteiger partial charge in [0.25, 0.3) is 0 Å². The number of benzene rings is 3. The molecule has 0 atom stereocenters. The molecule has 38 heavy (non-hydrogen) atoms. The summed E-state index contributed by atoms with van der Waals surface area (Å²) in [4.78, 5) is 0. The van der Waals surface area contributed by atoms with Gasteiger partial charge in [0.1, 0.15) is 17.3 Å². The molecule has 4 heteroatoms. The van der Waals surface area contributed by atoms with Gasteiger partial charge in [0.15, 0.2) is 0 Å². The number of para-hydroxylation sites is 1. The molecule has 196 valence electrons. The summed E-state index contributed by atoms with van der Waals surface area (Å²) in [6.45, 7) is 11.3. The Bertz CT molecular complexity index is 1250. The van der Waals surface area contributed by atoms with Crippen molar-refractivity contribution in [2.24, 2.45) is 5.41 Å². The molecule has 4 rings (SSSR count). The zero-order valence-corrected chi connectivity index (χ0v) is 26.3. The van der Waals surface area contributed by atoms with E-state index < -0.39 is 0 Å². The topological polar surface area (TPSA) is 18.5 Å². The molecule has 0 saturated carbocycles. The average molecular weight is 557 g/mol. The summed E-state index contributed by atoms with van der Waals surface area (Å²) in [5, 5.41) is 0. The third-order valence-electron chi connectivity index (χ3n) is 5.86. The zero-order chi connectivity index (χ0) is 27.4. The van der Waals surface area contributed by atoms with E-state index in [1.165, 1.54) is 6.42 Å². The van der Waals surface area contributed by atoms with Crippen molar-refractivity contribution >= 4 is 18.5 Å². The first kappa shape index (κ1) is 29.7. The van der Waals surface area contributed by atoms with Crippen LogP contribution in [0.15, 0.2) is 119 Å². The van der Waals surface area contributed by atoms with Crippen LogP contribution in [0, 0.1) is 5.41 Å². The molecule has 0 aromatic heterocycles. The molecular formula is C34H40O2SiTi. The number of rotatable bonds is 8. The Morgan fingerprint density at radius 3 is 2.00 bits per heavy atom. The van der Waals surface area contributed by atoms with Crippen molar-refractivity contribution in [1.82, 2.24) is 0 Å². The van der Waals surface area contributed by atoms with Gasteiger partial charge in [-0.1, -0.05) is 93.6 Å². The van der Waals surface area contributed by atoms with Gasteiger partial charge in [-0.05, 0) is 35.2 Å². The quantitative estimate of drug-likeness (QED) is 0.156. The number of ether oxygens (including phenoxy) is 2. The summed E-state index contributed by atoms with van der Waals surface area (Å²) in [7, 11) is 1.68. The van der Waals surface area contributed by atoms with Crippen LogP contribution < -0.4 is 9.47 Å². The van der Waals surface area contributed by atoms with Crippen molar-refractivity contribution in [2.75, 3.05) is 7.11 Å². The summed E-state index contributed by atoms with van der Waals surface area (Å²) in [5.41, 5.74) is 3.19. The second-order valence-corrected chi connectivity index (χ2v) is 20.9. The van der Waals surface area contributed by atoms with Gasteiger partial charge in [0, 0.05) is 11.1 Å². The fourth-order valence-electron chi connectivity index (χ4n) is 3.95. The Labute approximate surface area is 239 Å². The van der Waals surface area contributed by atoms with Crippen LogP contribution in [0.1, 0.15) is 38.3 Å². The first-order valence-electron chi connectivity index (χ1n) is 13.2. The number of allylic oxidation sites excluding steroid dienone is 6. The molecule has 0 saturated heterocycles. The van der Waals surface area contributed by atoms with Crippen LogP contribution in [0.3, 0.4) is 0 Å². The zero-order valence-electron chi connectivity index (χ0n) is 23.6. The van der Waals surface area contributed by atoms with Crippen molar-refractivity contribution in [3.8, 4) is 11.5 Å². The second-order valence-electron chi connectivity index (χ2n) is 10.5. The summed E-state index contributed by atoms with van der Waals surface area (Å²) in [5.74, 6) is 2.55. The minimum atomic E-state index is -0.207. The summed E-state index contributed by atoms with van der Waals surface area (Å²) in [6, 6.07) is 28.3. The van der Waals surface area contributed by atoms with Crippen molar-refractivity contribution < 1.29 is 27.9 Å². The van der Waals surface area contributed by atoms with Crippen molar-refractivity contribution in [3.63, 3.8) is 0 Å². The number of hydrogen-bond donors (Lipinski definition) is 0. The molecular weight excluding hydrogens is 516 g/mol. The van der Waals surface area contributed by atoms with Crippen LogP contribution in [0.5, 0.6) is 11.5 Å². The predicted molar refractivity (Wildman–Crippen MR) is 163 cm³/mol. The third-order valence-corrected chi connectivity index (χ3v) is 11.8. The molecule has 3 aromatic rings. The predicted octanol–water partition coefficient (Wildman–Crippen LogP) is 9.14. The molecule has 0 spiro atoms. The molecule has 2 nitrogen and oxygen atoms in total. The van der Waals surface area contributed by atoms with Gasteiger partial charge >= 0.3 is 66.7 Å². The van der Waals surface area contributed by atoms with Crippen molar-refractivity contribution in [1.29, 1.82) is 0 Å². The number of methoxy groups -OCH3 is 1. The number of hydrogen-bond acceptors (Lipinski definition) is 2. The first-order chi connectivity index (χ1) is 18.3. The molecule has 0 unspecified atom stereocenters. The first-order valence-corrected chi connectivity index (χ1v) is 19.6. The SMILES string of the molecule is COc1ccc(C=CC(=C(Oc2ccccc2)c2ccccc2)C(C)(C)C)cc1.C[SiH](C)[Ti][C]1=CC=CC1. The van der Waals surface area contributed by atoms with E-state index in [-0.39, 0.29) is 12.1 Å².